The van der Waals surface area contributed by atoms with Crippen molar-refractivity contribution >= 4 is 23.8 Å². The maximum atomic E-state index is 14.2. The van der Waals surface area contributed by atoms with Crippen molar-refractivity contribution in [2.24, 2.45) is 0 Å². The summed E-state index contributed by atoms with van der Waals surface area (Å²) < 4.78 is 55.2. The molecule has 0 saturated carbocycles. The first-order chi connectivity index (χ1) is 30.4. The standard InChI is InChI=1S/C48H52NO14/c1-30(50)55-28-39-43(58-31(2)51)45(59-32(3)52)41(47(61-39)57-27-35-20-12-6-13-21-35)49-40(53)29-56-38-26-48(54,25-34-18-10-5-11-19-34)63-44-37(24-33-16-8-4-9-17-33)60-46(62-42(38)44)36-22-14-7-15-23-36/h4-23,26,37-39,41-47,54H,24-25,27-29H2,1-3H3,(H,49,53)/t37-,38-,39-,41+,42+,43-,44-,45-,46?,47+,48+/m1/s1. The molecule has 4 aromatic carbocycles. The van der Waals surface area contributed by atoms with Crippen molar-refractivity contribution in [1.82, 2.24) is 5.32 Å². The van der Waals surface area contributed by atoms with E-state index in [-0.39, 0.29) is 19.6 Å². The third kappa shape index (κ3) is 12.4. The Bertz CT molecular complexity index is 2110. The van der Waals surface area contributed by atoms with E-state index in [9.17, 15) is 24.3 Å². The average Bonchev–Trinajstić information content (AvgIpc) is 3.27. The van der Waals surface area contributed by atoms with Crippen molar-refractivity contribution < 1.29 is 66.9 Å². The fourth-order valence-corrected chi connectivity index (χ4v) is 7.99. The minimum atomic E-state index is -1.88. The second-order valence-electron chi connectivity index (χ2n) is 15.6. The first-order valence-corrected chi connectivity index (χ1v) is 20.8. The monoisotopic (exact) mass is 866 g/mol. The molecule has 0 aliphatic carbocycles. The van der Waals surface area contributed by atoms with Crippen molar-refractivity contribution in [3.63, 3.8) is 0 Å². The molecule has 4 aromatic rings. The molecule has 333 valence electrons. The number of rotatable bonds is 16. The Morgan fingerprint density at radius 2 is 1.24 bits per heavy atom. The lowest BCUT2D eigenvalue weighted by Crippen LogP contribution is -2.67. The molecule has 63 heavy (non-hydrogen) atoms. The number of amides is 1. The molecule has 0 bridgehead atoms. The van der Waals surface area contributed by atoms with Gasteiger partial charge in [0.25, 0.3) is 0 Å². The quantitative estimate of drug-likeness (QED) is 0.119. The van der Waals surface area contributed by atoms with Crippen molar-refractivity contribution in [3.8, 4) is 0 Å². The lowest BCUT2D eigenvalue weighted by Gasteiger charge is -2.51. The van der Waals surface area contributed by atoms with Gasteiger partial charge in [-0.15, -0.1) is 0 Å². The van der Waals surface area contributed by atoms with Gasteiger partial charge in [0.05, 0.1) is 25.2 Å². The molecular weight excluding hydrogens is 815 g/mol. The van der Waals surface area contributed by atoms with E-state index in [2.05, 4.69) is 5.32 Å². The zero-order chi connectivity index (χ0) is 44.3. The Labute approximate surface area is 365 Å². The number of benzene rings is 4. The van der Waals surface area contributed by atoms with Crippen LogP contribution in [0.4, 0.5) is 0 Å². The minimum Gasteiger partial charge on any atom is -0.463 e. The van der Waals surface area contributed by atoms with Gasteiger partial charge in [-0.25, -0.2) is 0 Å². The largest absolute Gasteiger partial charge is 0.463 e. The molecule has 3 saturated heterocycles. The van der Waals surface area contributed by atoms with Crippen LogP contribution in [0.15, 0.2) is 121 Å². The number of esters is 3. The third-order valence-corrected chi connectivity index (χ3v) is 10.7. The van der Waals surface area contributed by atoms with E-state index in [1.54, 1.807) is 0 Å². The summed E-state index contributed by atoms with van der Waals surface area (Å²) >= 11 is 0. The maximum absolute atomic E-state index is 14.2. The summed E-state index contributed by atoms with van der Waals surface area (Å²) in [5, 5.41) is 15.0. The smallest absolute Gasteiger partial charge is 0.303 e. The van der Waals surface area contributed by atoms with Gasteiger partial charge in [0.1, 0.15) is 37.6 Å². The van der Waals surface area contributed by atoms with Crippen LogP contribution in [0.2, 0.25) is 0 Å². The second kappa shape index (κ2) is 21.2. The number of carbonyl (C=O) groups excluding carboxylic acids is 4. The Morgan fingerprint density at radius 3 is 1.86 bits per heavy atom. The maximum Gasteiger partial charge on any atom is 0.303 e. The summed E-state index contributed by atoms with van der Waals surface area (Å²) in [6.07, 6.45) is -7.46. The van der Waals surface area contributed by atoms with Gasteiger partial charge in [0.2, 0.25) is 5.91 Å². The molecule has 1 radical (unpaired) electrons. The summed E-state index contributed by atoms with van der Waals surface area (Å²) in [5.74, 6) is -4.71. The van der Waals surface area contributed by atoms with E-state index >= 15 is 0 Å². The van der Waals surface area contributed by atoms with Crippen LogP contribution >= 0.6 is 0 Å². The zero-order valence-electron chi connectivity index (χ0n) is 35.2. The summed E-state index contributed by atoms with van der Waals surface area (Å²) in [6, 6.07) is 36.4. The average molecular weight is 867 g/mol. The molecule has 3 fully saturated rings. The van der Waals surface area contributed by atoms with Crippen LogP contribution in [-0.4, -0.2) is 103 Å². The van der Waals surface area contributed by atoms with Crippen LogP contribution in [0.25, 0.3) is 0 Å². The number of carbonyl (C=O) groups is 4. The van der Waals surface area contributed by atoms with Gasteiger partial charge in [-0.05, 0) is 16.7 Å². The topological polar surface area (TPSA) is 184 Å². The van der Waals surface area contributed by atoms with Crippen LogP contribution in [0, 0.1) is 6.42 Å². The number of hydrogen-bond donors (Lipinski definition) is 2. The van der Waals surface area contributed by atoms with E-state index in [1.165, 1.54) is 20.3 Å². The van der Waals surface area contributed by atoms with Crippen molar-refractivity contribution in [1.29, 1.82) is 0 Å². The van der Waals surface area contributed by atoms with E-state index in [0.717, 1.165) is 29.2 Å². The predicted octanol–water partition coefficient (Wildman–Crippen LogP) is 4.48. The van der Waals surface area contributed by atoms with E-state index in [0.29, 0.717) is 6.42 Å². The summed E-state index contributed by atoms with van der Waals surface area (Å²) in [4.78, 5) is 51.1. The van der Waals surface area contributed by atoms with E-state index < -0.39 is 97.6 Å². The summed E-state index contributed by atoms with van der Waals surface area (Å²) in [7, 11) is 0. The van der Waals surface area contributed by atoms with Gasteiger partial charge in [-0.3, -0.25) is 19.2 Å². The first-order valence-electron chi connectivity index (χ1n) is 20.8. The van der Waals surface area contributed by atoms with Gasteiger partial charge >= 0.3 is 17.9 Å². The van der Waals surface area contributed by atoms with Crippen LogP contribution in [0.1, 0.15) is 49.3 Å². The Kier molecular flexibility index (Phi) is 15.3. The number of ether oxygens (including phenoxy) is 9. The third-order valence-electron chi connectivity index (χ3n) is 10.7. The Balaban J connectivity index is 1.17. The SMILES string of the molecule is CC(=O)OC[C@H]1O[C@H](OCc2ccccc2)[C@@H](NC(=O)CO[C@@H]2[CH][C@](O)(Cc3ccccc3)O[C@H]3[C@H]2OC(c2ccccc2)O[C@@H]3Cc2ccccc2)[C@@H](OC(C)=O)[C@@H]1OC(C)=O. The highest BCUT2D eigenvalue weighted by molar-refractivity contribution is 5.78. The molecule has 0 aromatic heterocycles. The summed E-state index contributed by atoms with van der Waals surface area (Å²) in [6.45, 7) is 2.56. The molecule has 15 nitrogen and oxygen atoms in total. The van der Waals surface area contributed by atoms with Gasteiger partial charge in [-0.2, -0.15) is 0 Å². The molecule has 2 N–H and O–H groups in total. The predicted molar refractivity (Wildman–Crippen MR) is 223 cm³/mol. The van der Waals surface area contributed by atoms with Crippen LogP contribution in [0.5, 0.6) is 0 Å². The molecule has 3 aliphatic rings. The summed E-state index contributed by atoms with van der Waals surface area (Å²) in [5.41, 5.74) is 3.27. The van der Waals surface area contributed by atoms with Crippen LogP contribution < -0.4 is 5.32 Å². The lowest BCUT2D eigenvalue weighted by atomic mass is 9.86. The highest BCUT2D eigenvalue weighted by Gasteiger charge is 2.55. The molecule has 7 rings (SSSR count). The molecular formula is C48H52NO14. The van der Waals surface area contributed by atoms with Gasteiger partial charge < -0.3 is 53.1 Å². The molecule has 11 atom stereocenters. The normalized spacial score (nSPS) is 29.1. The number of hydrogen-bond acceptors (Lipinski definition) is 14. The number of fused-ring (bicyclic) bond motifs is 1. The Morgan fingerprint density at radius 1 is 0.651 bits per heavy atom. The minimum absolute atomic E-state index is 0.00588. The molecule has 3 aliphatic heterocycles. The molecule has 1 unspecified atom stereocenters. The van der Waals surface area contributed by atoms with Gasteiger partial charge in [-0.1, -0.05) is 121 Å². The van der Waals surface area contributed by atoms with Crippen molar-refractivity contribution in [2.75, 3.05) is 13.2 Å². The van der Waals surface area contributed by atoms with Gasteiger partial charge in [0.15, 0.2) is 30.6 Å². The zero-order valence-corrected chi connectivity index (χ0v) is 35.2. The first kappa shape index (κ1) is 45.5. The highest BCUT2D eigenvalue weighted by Crippen LogP contribution is 2.42. The molecule has 3 heterocycles. The molecule has 0 spiro atoms. The second-order valence-corrected chi connectivity index (χ2v) is 15.6. The lowest BCUT2D eigenvalue weighted by molar-refractivity contribution is -0.367. The Hall–Kier alpha value is -5.52. The van der Waals surface area contributed by atoms with Crippen molar-refractivity contribution in [2.45, 2.75) is 107 Å². The fourth-order valence-electron chi connectivity index (χ4n) is 7.99. The van der Waals surface area contributed by atoms with E-state index in [4.69, 9.17) is 42.6 Å². The molecule has 15 heteroatoms. The number of aliphatic hydroxyl groups is 1. The van der Waals surface area contributed by atoms with Crippen LogP contribution in [0.3, 0.4) is 0 Å². The highest BCUT2D eigenvalue weighted by atomic mass is 16.7. The fraction of sp³-hybridized carbons (Fsp3) is 0.396. The van der Waals surface area contributed by atoms with Crippen molar-refractivity contribution in [3.05, 3.63) is 150 Å². The number of nitrogens with one attached hydrogen (secondary N) is 1. The van der Waals surface area contributed by atoms with E-state index in [1.807, 2.05) is 121 Å². The van der Waals surface area contributed by atoms with Crippen LogP contribution in [-0.2, 0) is 81.3 Å². The molecule has 1 amide bonds. The van der Waals surface area contributed by atoms with Gasteiger partial charge in [0, 0.05) is 39.2 Å².